The fourth-order valence-electron chi connectivity index (χ4n) is 2.66. The third kappa shape index (κ3) is 3.67. The molecule has 4 aromatic rings. The lowest BCUT2D eigenvalue weighted by molar-refractivity contribution is 0.0438. The molecule has 0 unspecified atom stereocenters. The van der Waals surface area contributed by atoms with Gasteiger partial charge in [-0.1, -0.05) is 41.9 Å². The highest BCUT2D eigenvalue weighted by atomic mass is 35.5. The normalized spacial score (nSPS) is 10.9. The SMILES string of the molecule is Cc1nn(Cc2ccccc2)c(Cl)c1C(=O)OCc1nnc(-c2ccco2)o1. The predicted molar refractivity (Wildman–Crippen MR) is 98.6 cm³/mol. The molecule has 4 rings (SSSR count). The zero-order valence-corrected chi connectivity index (χ0v) is 15.6. The Balaban J connectivity index is 1.45. The number of aryl methyl sites for hydroxylation is 1. The van der Waals surface area contributed by atoms with Gasteiger partial charge in [-0.25, -0.2) is 9.48 Å². The molecule has 0 aliphatic rings. The van der Waals surface area contributed by atoms with E-state index in [2.05, 4.69) is 15.3 Å². The Morgan fingerprint density at radius 1 is 1.18 bits per heavy atom. The van der Waals surface area contributed by atoms with E-state index in [1.807, 2.05) is 30.3 Å². The second-order valence-corrected chi connectivity index (χ2v) is 6.31. The van der Waals surface area contributed by atoms with Gasteiger partial charge in [0.1, 0.15) is 10.7 Å². The van der Waals surface area contributed by atoms with Gasteiger partial charge < -0.3 is 13.6 Å². The average molecular weight is 399 g/mol. The van der Waals surface area contributed by atoms with Gasteiger partial charge in [0, 0.05) is 0 Å². The van der Waals surface area contributed by atoms with Crippen molar-refractivity contribution in [2.24, 2.45) is 0 Å². The maximum atomic E-state index is 12.5. The maximum absolute atomic E-state index is 12.5. The topological polar surface area (TPSA) is 96.2 Å². The van der Waals surface area contributed by atoms with Crippen LogP contribution in [-0.4, -0.2) is 25.9 Å². The van der Waals surface area contributed by atoms with Crippen LogP contribution in [0.2, 0.25) is 5.15 Å². The van der Waals surface area contributed by atoms with E-state index in [9.17, 15) is 4.79 Å². The number of benzene rings is 1. The maximum Gasteiger partial charge on any atom is 0.343 e. The molecule has 0 saturated heterocycles. The molecule has 0 fully saturated rings. The van der Waals surface area contributed by atoms with Crippen LogP contribution < -0.4 is 0 Å². The highest BCUT2D eigenvalue weighted by molar-refractivity contribution is 6.32. The number of rotatable bonds is 6. The summed E-state index contributed by atoms with van der Waals surface area (Å²) in [6.45, 7) is 1.96. The number of furan rings is 1. The number of nitrogens with zero attached hydrogens (tertiary/aromatic N) is 4. The summed E-state index contributed by atoms with van der Waals surface area (Å²) in [5.41, 5.74) is 1.71. The summed E-state index contributed by atoms with van der Waals surface area (Å²) in [5.74, 6) is 0.178. The summed E-state index contributed by atoms with van der Waals surface area (Å²) in [5, 5.41) is 12.2. The first kappa shape index (κ1) is 18.0. The summed E-state index contributed by atoms with van der Waals surface area (Å²) < 4.78 is 17.4. The smallest absolute Gasteiger partial charge is 0.343 e. The Morgan fingerprint density at radius 2 is 2.00 bits per heavy atom. The van der Waals surface area contributed by atoms with E-state index in [1.165, 1.54) is 6.26 Å². The molecule has 0 atom stereocenters. The van der Waals surface area contributed by atoms with Crippen LogP contribution in [0.4, 0.5) is 0 Å². The van der Waals surface area contributed by atoms with E-state index in [-0.39, 0.29) is 29.1 Å². The van der Waals surface area contributed by atoms with Gasteiger partial charge in [0.2, 0.25) is 0 Å². The molecule has 0 amide bonds. The first-order chi connectivity index (χ1) is 13.6. The lowest BCUT2D eigenvalue weighted by atomic mass is 10.2. The van der Waals surface area contributed by atoms with Gasteiger partial charge in [-0.05, 0) is 24.6 Å². The molecule has 9 heteroatoms. The molecule has 8 nitrogen and oxygen atoms in total. The van der Waals surface area contributed by atoms with Gasteiger partial charge >= 0.3 is 5.97 Å². The number of halogens is 1. The standard InChI is InChI=1S/C19H15ClN4O4/c1-12-16(17(20)24(23-12)10-13-6-3-2-4-7-13)19(25)27-11-15-21-22-18(28-15)14-8-5-9-26-14/h2-9H,10-11H2,1H3. The quantitative estimate of drug-likeness (QED) is 0.454. The summed E-state index contributed by atoms with van der Waals surface area (Å²) in [4.78, 5) is 12.5. The van der Waals surface area contributed by atoms with Crippen molar-refractivity contribution >= 4 is 17.6 Å². The molecule has 3 heterocycles. The van der Waals surface area contributed by atoms with Gasteiger partial charge in [-0.15, -0.1) is 10.2 Å². The van der Waals surface area contributed by atoms with E-state index in [4.69, 9.17) is 25.2 Å². The number of carbonyl (C=O) groups is 1. The van der Waals surface area contributed by atoms with Crippen molar-refractivity contribution in [3.63, 3.8) is 0 Å². The molecule has 28 heavy (non-hydrogen) atoms. The number of hydrogen-bond acceptors (Lipinski definition) is 7. The second kappa shape index (κ2) is 7.69. The Hall–Kier alpha value is -3.39. The zero-order chi connectivity index (χ0) is 19.5. The molecule has 3 aromatic heterocycles. The predicted octanol–water partition coefficient (Wildman–Crippen LogP) is 3.89. The van der Waals surface area contributed by atoms with Crippen molar-refractivity contribution in [2.45, 2.75) is 20.1 Å². The van der Waals surface area contributed by atoms with Crippen LogP contribution in [0.1, 0.15) is 27.5 Å². The first-order valence-electron chi connectivity index (χ1n) is 8.42. The molecule has 142 valence electrons. The van der Waals surface area contributed by atoms with Crippen LogP contribution in [0.15, 0.2) is 57.6 Å². The van der Waals surface area contributed by atoms with Gasteiger partial charge in [-0.2, -0.15) is 5.10 Å². The van der Waals surface area contributed by atoms with Crippen LogP contribution in [0.25, 0.3) is 11.7 Å². The van der Waals surface area contributed by atoms with Crippen molar-refractivity contribution in [3.05, 3.63) is 76.6 Å². The summed E-state index contributed by atoms with van der Waals surface area (Å²) in [7, 11) is 0. The van der Waals surface area contributed by atoms with Crippen LogP contribution in [0, 0.1) is 6.92 Å². The number of carbonyl (C=O) groups excluding carboxylic acids is 1. The molecular weight excluding hydrogens is 384 g/mol. The van der Waals surface area contributed by atoms with Crippen LogP contribution in [0.5, 0.6) is 0 Å². The van der Waals surface area contributed by atoms with Gasteiger partial charge in [0.05, 0.1) is 18.5 Å². The Kier molecular flexibility index (Phi) is 4.94. The molecule has 1 aromatic carbocycles. The molecule has 0 aliphatic carbocycles. The molecular formula is C19H15ClN4O4. The van der Waals surface area contributed by atoms with Crippen molar-refractivity contribution in [1.82, 2.24) is 20.0 Å². The minimum Gasteiger partial charge on any atom is -0.459 e. The summed E-state index contributed by atoms with van der Waals surface area (Å²) in [6, 6.07) is 13.1. The van der Waals surface area contributed by atoms with Crippen molar-refractivity contribution in [3.8, 4) is 11.7 Å². The highest BCUT2D eigenvalue weighted by Gasteiger charge is 2.23. The van der Waals surface area contributed by atoms with Crippen molar-refractivity contribution < 1.29 is 18.4 Å². The fourth-order valence-corrected chi connectivity index (χ4v) is 2.97. The number of hydrogen-bond donors (Lipinski definition) is 0. The zero-order valence-electron chi connectivity index (χ0n) is 14.8. The molecule has 0 bridgehead atoms. The van der Waals surface area contributed by atoms with Gasteiger partial charge in [-0.3, -0.25) is 0 Å². The number of ether oxygens (including phenoxy) is 1. The van der Waals surface area contributed by atoms with E-state index in [1.54, 1.807) is 23.7 Å². The minimum atomic E-state index is -0.612. The fraction of sp³-hybridized carbons (Fsp3) is 0.158. The molecule has 0 aliphatic heterocycles. The summed E-state index contributed by atoms with van der Waals surface area (Å²) >= 11 is 6.36. The Morgan fingerprint density at radius 3 is 2.75 bits per heavy atom. The van der Waals surface area contributed by atoms with E-state index in [0.29, 0.717) is 18.0 Å². The van der Waals surface area contributed by atoms with Crippen molar-refractivity contribution in [2.75, 3.05) is 0 Å². The van der Waals surface area contributed by atoms with Crippen LogP contribution in [0.3, 0.4) is 0 Å². The molecule has 0 saturated carbocycles. The van der Waals surface area contributed by atoms with Crippen molar-refractivity contribution in [1.29, 1.82) is 0 Å². The Bertz CT molecular complexity index is 1090. The molecule has 0 radical (unpaired) electrons. The number of aromatic nitrogens is 4. The van der Waals surface area contributed by atoms with Crippen LogP contribution >= 0.6 is 11.6 Å². The number of esters is 1. The molecule has 0 N–H and O–H groups in total. The van der Waals surface area contributed by atoms with Gasteiger partial charge in [0.25, 0.3) is 11.8 Å². The van der Waals surface area contributed by atoms with Crippen LogP contribution in [-0.2, 0) is 17.9 Å². The lowest BCUT2D eigenvalue weighted by Crippen LogP contribution is -2.07. The first-order valence-corrected chi connectivity index (χ1v) is 8.80. The third-order valence-electron chi connectivity index (χ3n) is 3.97. The van der Waals surface area contributed by atoms with E-state index < -0.39 is 5.97 Å². The van der Waals surface area contributed by atoms with E-state index in [0.717, 1.165) is 5.56 Å². The highest BCUT2D eigenvalue weighted by Crippen LogP contribution is 2.23. The van der Waals surface area contributed by atoms with E-state index >= 15 is 0 Å². The largest absolute Gasteiger partial charge is 0.459 e. The third-order valence-corrected chi connectivity index (χ3v) is 4.35. The molecule has 0 spiro atoms. The average Bonchev–Trinajstić information content (AvgIpc) is 3.42. The second-order valence-electron chi connectivity index (χ2n) is 5.95. The summed E-state index contributed by atoms with van der Waals surface area (Å²) in [6.07, 6.45) is 1.50. The monoisotopic (exact) mass is 398 g/mol. The lowest BCUT2D eigenvalue weighted by Gasteiger charge is -2.04. The van der Waals surface area contributed by atoms with Gasteiger partial charge in [0.15, 0.2) is 12.4 Å². The minimum absolute atomic E-state index is 0.144. The Labute approximate surface area is 164 Å².